The van der Waals surface area contributed by atoms with Crippen LogP contribution in [0.25, 0.3) is 0 Å². The second-order valence-electron chi connectivity index (χ2n) is 6.64. The van der Waals surface area contributed by atoms with Gasteiger partial charge in [-0.3, -0.25) is 14.4 Å². The molecule has 0 bridgehead atoms. The Morgan fingerprint density at radius 3 is 2.44 bits per heavy atom. The fourth-order valence-corrected chi connectivity index (χ4v) is 4.09. The summed E-state index contributed by atoms with van der Waals surface area (Å²) < 4.78 is 9.81. The summed E-state index contributed by atoms with van der Waals surface area (Å²) in [5, 5.41) is 0. The van der Waals surface area contributed by atoms with Crippen LogP contribution in [0.15, 0.2) is 37.0 Å². The van der Waals surface area contributed by atoms with Crippen LogP contribution in [0.4, 0.5) is 0 Å². The molecule has 0 aliphatic heterocycles. The van der Waals surface area contributed by atoms with Crippen LogP contribution >= 0.6 is 0 Å². The van der Waals surface area contributed by atoms with Crippen molar-refractivity contribution in [1.29, 1.82) is 0 Å². The van der Waals surface area contributed by atoms with Crippen LogP contribution < -0.4 is 0 Å². The molecule has 136 valence electrons. The van der Waals surface area contributed by atoms with Gasteiger partial charge >= 0.3 is 11.9 Å². The predicted molar refractivity (Wildman–Crippen MR) is 93.5 cm³/mol. The van der Waals surface area contributed by atoms with Gasteiger partial charge in [-0.2, -0.15) is 0 Å². The van der Waals surface area contributed by atoms with E-state index in [2.05, 4.69) is 6.58 Å². The van der Waals surface area contributed by atoms with Crippen molar-refractivity contribution in [2.24, 2.45) is 23.2 Å². The summed E-state index contributed by atoms with van der Waals surface area (Å²) >= 11 is 0. The molecule has 2 aliphatic rings. The first-order valence-corrected chi connectivity index (χ1v) is 8.70. The zero-order valence-corrected chi connectivity index (χ0v) is 14.9. The molecule has 2 aliphatic carbocycles. The third kappa shape index (κ3) is 3.46. The zero-order chi connectivity index (χ0) is 18.4. The van der Waals surface area contributed by atoms with Crippen LogP contribution in [0.1, 0.15) is 32.1 Å². The molecule has 5 nitrogen and oxygen atoms in total. The predicted octanol–water partition coefficient (Wildman–Crippen LogP) is 3.01. The van der Waals surface area contributed by atoms with E-state index in [1.165, 1.54) is 32.4 Å². The van der Waals surface area contributed by atoms with Gasteiger partial charge in [-0.1, -0.05) is 49.8 Å². The van der Waals surface area contributed by atoms with E-state index in [0.717, 1.165) is 32.1 Å². The maximum Gasteiger partial charge on any atom is 0.328 e. The maximum atomic E-state index is 13.3. The van der Waals surface area contributed by atoms with Crippen molar-refractivity contribution in [3.8, 4) is 0 Å². The van der Waals surface area contributed by atoms with Crippen molar-refractivity contribution in [2.45, 2.75) is 32.1 Å². The number of carbonyl (C=O) groups excluding carboxylic acids is 3. The minimum atomic E-state index is -1.82. The number of ketones is 1. The van der Waals surface area contributed by atoms with E-state index in [1.807, 2.05) is 6.08 Å². The molecular weight excluding hydrogens is 320 g/mol. The third-order valence-electron chi connectivity index (χ3n) is 5.38. The average molecular weight is 346 g/mol. The SMILES string of the molecule is C=C/C=C/C(C(=O)OC)(C(=O)OC)[C@H]1C=CC[C@@H]2CCCC[C@H]2C1=O. The summed E-state index contributed by atoms with van der Waals surface area (Å²) in [6, 6.07) is 0. The van der Waals surface area contributed by atoms with E-state index in [9.17, 15) is 14.4 Å². The second kappa shape index (κ2) is 8.28. The lowest BCUT2D eigenvalue weighted by Gasteiger charge is -2.35. The minimum Gasteiger partial charge on any atom is -0.468 e. The molecule has 25 heavy (non-hydrogen) atoms. The topological polar surface area (TPSA) is 69.7 Å². The molecule has 1 fully saturated rings. The monoisotopic (exact) mass is 346 g/mol. The molecule has 0 aromatic carbocycles. The number of carbonyl (C=O) groups is 3. The molecular formula is C20H26O5. The first kappa shape index (κ1) is 19.2. The lowest BCUT2D eigenvalue weighted by Crippen LogP contribution is -2.49. The Morgan fingerprint density at radius 1 is 1.20 bits per heavy atom. The molecule has 0 unspecified atom stereocenters. The molecule has 0 aromatic rings. The van der Waals surface area contributed by atoms with Crippen molar-refractivity contribution in [3.05, 3.63) is 37.0 Å². The highest BCUT2D eigenvalue weighted by Crippen LogP contribution is 2.43. The number of hydrogen-bond donors (Lipinski definition) is 0. The Bertz CT molecular complexity index is 585. The van der Waals surface area contributed by atoms with Gasteiger partial charge in [0, 0.05) is 5.92 Å². The van der Waals surface area contributed by atoms with Crippen LogP contribution in [-0.2, 0) is 23.9 Å². The van der Waals surface area contributed by atoms with Crippen molar-refractivity contribution in [2.75, 3.05) is 14.2 Å². The second-order valence-corrected chi connectivity index (χ2v) is 6.64. The van der Waals surface area contributed by atoms with Crippen molar-refractivity contribution in [3.63, 3.8) is 0 Å². The molecule has 0 aromatic heterocycles. The average Bonchev–Trinajstić information content (AvgIpc) is 2.81. The molecule has 0 amide bonds. The highest BCUT2D eigenvalue weighted by atomic mass is 16.5. The molecule has 2 rings (SSSR count). The highest BCUT2D eigenvalue weighted by Gasteiger charge is 2.56. The number of ether oxygens (including phenoxy) is 2. The number of Topliss-reactive ketones (excluding diaryl/α,β-unsaturated/α-hetero) is 1. The van der Waals surface area contributed by atoms with Gasteiger partial charge in [-0.15, -0.1) is 0 Å². The van der Waals surface area contributed by atoms with Crippen LogP contribution in [0.5, 0.6) is 0 Å². The summed E-state index contributed by atoms with van der Waals surface area (Å²) in [5.74, 6) is -2.47. The van der Waals surface area contributed by atoms with Gasteiger partial charge < -0.3 is 9.47 Å². The van der Waals surface area contributed by atoms with Crippen molar-refractivity contribution < 1.29 is 23.9 Å². The van der Waals surface area contributed by atoms with E-state index in [4.69, 9.17) is 9.47 Å². The lowest BCUT2D eigenvalue weighted by atomic mass is 9.67. The highest BCUT2D eigenvalue weighted by molar-refractivity contribution is 6.08. The van der Waals surface area contributed by atoms with Gasteiger partial charge in [0.1, 0.15) is 5.78 Å². The molecule has 3 atom stereocenters. The van der Waals surface area contributed by atoms with Crippen LogP contribution in [0, 0.1) is 23.2 Å². The first-order valence-electron chi connectivity index (χ1n) is 8.70. The Kier molecular flexibility index (Phi) is 6.34. The van der Waals surface area contributed by atoms with Crippen LogP contribution in [0.2, 0.25) is 0 Å². The van der Waals surface area contributed by atoms with Gasteiger partial charge in [-0.05, 0) is 25.2 Å². The summed E-state index contributed by atoms with van der Waals surface area (Å²) in [6.07, 6.45) is 12.6. The Labute approximate surface area is 148 Å². The standard InChI is InChI=1S/C20H26O5/c1-4-5-13-20(18(22)24-2,19(23)25-3)16-12-8-10-14-9-6-7-11-15(14)17(16)21/h4-5,8,12-16H,1,6-7,9-11H2,2-3H3/b13-5+/t14-,15+,16-/m0/s1. The lowest BCUT2D eigenvalue weighted by molar-refractivity contribution is -0.170. The maximum absolute atomic E-state index is 13.3. The molecule has 0 radical (unpaired) electrons. The van der Waals surface area contributed by atoms with Crippen LogP contribution in [0.3, 0.4) is 0 Å². The molecule has 0 saturated heterocycles. The number of fused-ring (bicyclic) bond motifs is 1. The van der Waals surface area contributed by atoms with Gasteiger partial charge in [0.2, 0.25) is 0 Å². The molecule has 5 heteroatoms. The molecule has 0 N–H and O–H groups in total. The quantitative estimate of drug-likeness (QED) is 0.331. The minimum absolute atomic E-state index is 0.0806. The molecule has 0 heterocycles. The normalized spacial score (nSPS) is 26.6. The third-order valence-corrected chi connectivity index (χ3v) is 5.38. The zero-order valence-electron chi connectivity index (χ0n) is 14.9. The van der Waals surface area contributed by atoms with E-state index < -0.39 is 23.3 Å². The number of hydrogen-bond acceptors (Lipinski definition) is 5. The Balaban J connectivity index is 2.56. The number of esters is 2. The Hall–Kier alpha value is -2.17. The van der Waals surface area contributed by atoms with E-state index in [1.54, 1.807) is 6.08 Å². The summed E-state index contributed by atoms with van der Waals surface area (Å²) in [4.78, 5) is 38.6. The van der Waals surface area contributed by atoms with Crippen molar-refractivity contribution in [1.82, 2.24) is 0 Å². The van der Waals surface area contributed by atoms with E-state index in [0.29, 0.717) is 0 Å². The number of rotatable bonds is 5. The van der Waals surface area contributed by atoms with Crippen LogP contribution in [-0.4, -0.2) is 31.9 Å². The first-order chi connectivity index (χ1) is 12.0. The summed E-state index contributed by atoms with van der Waals surface area (Å²) in [7, 11) is 2.41. The van der Waals surface area contributed by atoms with E-state index in [-0.39, 0.29) is 17.6 Å². The van der Waals surface area contributed by atoms with Gasteiger partial charge in [0.25, 0.3) is 0 Å². The largest absolute Gasteiger partial charge is 0.468 e. The smallest absolute Gasteiger partial charge is 0.328 e. The fraction of sp³-hybridized carbons (Fsp3) is 0.550. The van der Waals surface area contributed by atoms with Gasteiger partial charge in [0.15, 0.2) is 5.41 Å². The van der Waals surface area contributed by atoms with Gasteiger partial charge in [-0.25, -0.2) is 0 Å². The fourth-order valence-electron chi connectivity index (χ4n) is 4.09. The number of methoxy groups -OCH3 is 2. The van der Waals surface area contributed by atoms with Crippen molar-refractivity contribution >= 4 is 17.7 Å². The molecule has 0 spiro atoms. The Morgan fingerprint density at radius 2 is 1.84 bits per heavy atom. The summed E-state index contributed by atoms with van der Waals surface area (Å²) in [5.41, 5.74) is -1.82. The van der Waals surface area contributed by atoms with Gasteiger partial charge in [0.05, 0.1) is 20.1 Å². The van der Waals surface area contributed by atoms with E-state index >= 15 is 0 Å². The molecule has 1 saturated carbocycles. The number of allylic oxidation sites excluding steroid dienone is 4. The summed E-state index contributed by atoms with van der Waals surface area (Å²) in [6.45, 7) is 3.59.